The zero-order valence-electron chi connectivity index (χ0n) is 16.8. The second kappa shape index (κ2) is 7.38. The maximum Gasteiger partial charge on any atom is 0.227 e. The molecule has 5 heteroatoms. The second-order valence-electron chi connectivity index (χ2n) is 7.97. The minimum Gasteiger partial charge on any atom is -0.349 e. The molecule has 0 saturated carbocycles. The molecule has 0 bridgehead atoms. The van der Waals surface area contributed by atoms with Crippen molar-refractivity contribution in [1.82, 2.24) is 10.3 Å². The number of pyridine rings is 1. The van der Waals surface area contributed by atoms with Gasteiger partial charge < -0.3 is 10.2 Å². The summed E-state index contributed by atoms with van der Waals surface area (Å²) in [6, 6.07) is 6.35. The van der Waals surface area contributed by atoms with Crippen LogP contribution in [0, 0.1) is 5.92 Å². The summed E-state index contributed by atoms with van der Waals surface area (Å²) in [5, 5.41) is 3.19. The number of carbonyl (C=O) groups excluding carboxylic acids is 2. The Hall–Kier alpha value is -2.69. The van der Waals surface area contributed by atoms with Gasteiger partial charge in [-0.2, -0.15) is 0 Å². The highest BCUT2D eigenvalue weighted by atomic mass is 16.2. The molecule has 0 saturated heterocycles. The van der Waals surface area contributed by atoms with E-state index in [1.54, 1.807) is 4.90 Å². The SMILES string of the molecule is CCC(=O)N[C@@H]1c2cncc(-c3ccc4c(c3)CCC(=O)N4C)c2CC[C@H]1C. The molecule has 2 aromatic rings. The summed E-state index contributed by atoms with van der Waals surface area (Å²) < 4.78 is 0. The monoisotopic (exact) mass is 377 g/mol. The van der Waals surface area contributed by atoms with E-state index in [0.717, 1.165) is 41.6 Å². The van der Waals surface area contributed by atoms with Crippen molar-refractivity contribution < 1.29 is 9.59 Å². The van der Waals surface area contributed by atoms with E-state index in [-0.39, 0.29) is 17.9 Å². The molecule has 28 heavy (non-hydrogen) atoms. The van der Waals surface area contributed by atoms with Crippen LogP contribution < -0.4 is 10.2 Å². The standard InChI is InChI=1S/C23H27N3O2/c1-4-21(27)25-23-14(2)5-8-17-18(12-24-13-19(17)23)15-6-9-20-16(11-15)7-10-22(28)26(20)3/h6,9,11-14,23H,4-5,7-8,10H2,1-3H3,(H,25,27)/t14-,23+/m1/s1. The highest BCUT2D eigenvalue weighted by molar-refractivity contribution is 5.96. The van der Waals surface area contributed by atoms with Crippen LogP contribution in [0.1, 0.15) is 55.8 Å². The van der Waals surface area contributed by atoms with Gasteiger partial charge in [0.25, 0.3) is 0 Å². The zero-order valence-corrected chi connectivity index (χ0v) is 16.8. The van der Waals surface area contributed by atoms with Gasteiger partial charge in [0.15, 0.2) is 0 Å². The first-order valence-corrected chi connectivity index (χ1v) is 10.2. The van der Waals surface area contributed by atoms with Crippen molar-refractivity contribution in [2.75, 3.05) is 11.9 Å². The van der Waals surface area contributed by atoms with E-state index in [0.29, 0.717) is 18.8 Å². The van der Waals surface area contributed by atoms with E-state index in [9.17, 15) is 9.59 Å². The first-order valence-electron chi connectivity index (χ1n) is 10.2. The van der Waals surface area contributed by atoms with Crippen LogP contribution in [-0.2, 0) is 22.4 Å². The molecule has 1 N–H and O–H groups in total. The van der Waals surface area contributed by atoms with Gasteiger partial charge in [0.2, 0.25) is 11.8 Å². The van der Waals surface area contributed by atoms with Crippen LogP contribution in [0.4, 0.5) is 5.69 Å². The molecule has 1 aromatic heterocycles. The lowest BCUT2D eigenvalue weighted by molar-refractivity contribution is -0.122. The predicted molar refractivity (Wildman–Crippen MR) is 110 cm³/mol. The van der Waals surface area contributed by atoms with E-state index < -0.39 is 0 Å². The molecule has 5 nitrogen and oxygen atoms in total. The highest BCUT2D eigenvalue weighted by Crippen LogP contribution is 2.40. The van der Waals surface area contributed by atoms with Crippen molar-refractivity contribution in [1.29, 1.82) is 0 Å². The van der Waals surface area contributed by atoms with Gasteiger partial charge in [-0.25, -0.2) is 0 Å². The number of amides is 2. The van der Waals surface area contributed by atoms with Crippen molar-refractivity contribution in [2.45, 2.75) is 52.0 Å². The molecule has 2 amide bonds. The number of nitrogens with zero attached hydrogens (tertiary/aromatic N) is 2. The molecule has 4 rings (SSSR count). The van der Waals surface area contributed by atoms with Crippen LogP contribution in [0.2, 0.25) is 0 Å². The molecule has 0 spiro atoms. The Morgan fingerprint density at radius 2 is 2.07 bits per heavy atom. The number of benzene rings is 1. The van der Waals surface area contributed by atoms with Gasteiger partial charge >= 0.3 is 0 Å². The lowest BCUT2D eigenvalue weighted by Gasteiger charge is -2.33. The number of rotatable bonds is 3. The van der Waals surface area contributed by atoms with Gasteiger partial charge in [-0.3, -0.25) is 14.6 Å². The minimum atomic E-state index is 0.0185. The van der Waals surface area contributed by atoms with Crippen molar-refractivity contribution >= 4 is 17.5 Å². The maximum atomic E-state index is 12.0. The predicted octanol–water partition coefficient (Wildman–Crippen LogP) is 3.81. The lowest BCUT2D eigenvalue weighted by Crippen LogP contribution is -2.35. The summed E-state index contributed by atoms with van der Waals surface area (Å²) in [6.07, 6.45) is 7.71. The third kappa shape index (κ3) is 3.19. The average Bonchev–Trinajstić information content (AvgIpc) is 2.72. The van der Waals surface area contributed by atoms with Crippen molar-refractivity contribution in [3.8, 4) is 11.1 Å². The van der Waals surface area contributed by atoms with Crippen LogP contribution in [0.25, 0.3) is 11.1 Å². The minimum absolute atomic E-state index is 0.0185. The number of aromatic nitrogens is 1. The largest absolute Gasteiger partial charge is 0.349 e. The van der Waals surface area contributed by atoms with Gasteiger partial charge in [0.1, 0.15) is 0 Å². The Morgan fingerprint density at radius 3 is 2.86 bits per heavy atom. The van der Waals surface area contributed by atoms with Gasteiger partial charge in [-0.15, -0.1) is 0 Å². The molecule has 0 radical (unpaired) electrons. The third-order valence-electron chi connectivity index (χ3n) is 6.22. The van der Waals surface area contributed by atoms with Crippen molar-refractivity contribution in [2.24, 2.45) is 5.92 Å². The smallest absolute Gasteiger partial charge is 0.227 e. The first-order chi connectivity index (χ1) is 13.5. The quantitative estimate of drug-likeness (QED) is 0.885. The van der Waals surface area contributed by atoms with E-state index in [2.05, 4.69) is 29.4 Å². The molecule has 0 unspecified atom stereocenters. The normalized spacial score (nSPS) is 21.1. The van der Waals surface area contributed by atoms with E-state index in [4.69, 9.17) is 0 Å². The number of aryl methyl sites for hydroxylation is 1. The number of anilines is 1. The number of carbonyl (C=O) groups is 2. The fraction of sp³-hybridized carbons (Fsp3) is 0.435. The summed E-state index contributed by atoms with van der Waals surface area (Å²) in [6.45, 7) is 4.08. The van der Waals surface area contributed by atoms with E-state index >= 15 is 0 Å². The molecule has 1 aliphatic heterocycles. The zero-order chi connectivity index (χ0) is 19.8. The molecule has 146 valence electrons. The number of nitrogens with one attached hydrogen (secondary N) is 1. The van der Waals surface area contributed by atoms with Crippen LogP contribution in [0.15, 0.2) is 30.6 Å². The topological polar surface area (TPSA) is 62.3 Å². The van der Waals surface area contributed by atoms with E-state index in [1.807, 2.05) is 32.4 Å². The summed E-state index contributed by atoms with van der Waals surface area (Å²) in [4.78, 5) is 30.3. The number of fused-ring (bicyclic) bond motifs is 2. The fourth-order valence-electron chi connectivity index (χ4n) is 4.46. The van der Waals surface area contributed by atoms with Crippen molar-refractivity contribution in [3.63, 3.8) is 0 Å². The summed E-state index contributed by atoms with van der Waals surface area (Å²) in [7, 11) is 1.84. The Kier molecular flexibility index (Phi) is 4.92. The van der Waals surface area contributed by atoms with Crippen LogP contribution >= 0.6 is 0 Å². The maximum absolute atomic E-state index is 12.0. The Labute approximate surface area is 166 Å². The molecular formula is C23H27N3O2. The van der Waals surface area contributed by atoms with Crippen molar-refractivity contribution in [3.05, 3.63) is 47.3 Å². The van der Waals surface area contributed by atoms with Gasteiger partial charge in [-0.1, -0.05) is 19.9 Å². The van der Waals surface area contributed by atoms with Gasteiger partial charge in [0.05, 0.1) is 6.04 Å². The van der Waals surface area contributed by atoms with E-state index in [1.165, 1.54) is 11.1 Å². The third-order valence-corrected chi connectivity index (χ3v) is 6.22. The van der Waals surface area contributed by atoms with Crippen LogP contribution in [0.5, 0.6) is 0 Å². The highest BCUT2D eigenvalue weighted by Gasteiger charge is 2.30. The Bertz CT molecular complexity index is 937. The Morgan fingerprint density at radius 1 is 1.25 bits per heavy atom. The molecule has 2 heterocycles. The molecular weight excluding hydrogens is 350 g/mol. The van der Waals surface area contributed by atoms with Crippen LogP contribution in [-0.4, -0.2) is 23.8 Å². The summed E-state index contributed by atoms with van der Waals surface area (Å²) >= 11 is 0. The Balaban J connectivity index is 1.75. The lowest BCUT2D eigenvalue weighted by atomic mass is 9.78. The molecule has 1 aromatic carbocycles. The molecule has 0 fully saturated rings. The second-order valence-corrected chi connectivity index (χ2v) is 7.97. The van der Waals surface area contributed by atoms with Gasteiger partial charge in [0, 0.05) is 43.5 Å². The first kappa shape index (κ1) is 18.7. The number of hydrogen-bond acceptors (Lipinski definition) is 3. The molecule has 2 atom stereocenters. The van der Waals surface area contributed by atoms with Crippen LogP contribution in [0.3, 0.4) is 0 Å². The van der Waals surface area contributed by atoms with Gasteiger partial charge in [-0.05, 0) is 59.6 Å². The summed E-state index contributed by atoms with van der Waals surface area (Å²) in [5.74, 6) is 0.641. The average molecular weight is 377 g/mol. The molecule has 2 aliphatic rings. The summed E-state index contributed by atoms with van der Waals surface area (Å²) in [5.41, 5.74) is 6.91. The molecule has 1 aliphatic carbocycles. The fourth-order valence-corrected chi connectivity index (χ4v) is 4.46. The number of hydrogen-bond donors (Lipinski definition) is 1.